The van der Waals surface area contributed by atoms with Crippen LogP contribution in [0.5, 0.6) is 0 Å². The Morgan fingerprint density at radius 2 is 1.86 bits per heavy atom. The molecule has 0 nitrogen and oxygen atoms in total. The zero-order valence-electron chi connectivity index (χ0n) is 20.7. The fourth-order valence-electron chi connectivity index (χ4n) is 6.72. The SMILES string of the molecule is C=C1CC/C(=C/C=C2\CCCC3(C)C2CC[C@@H]3C(C)CCCCC)CC1C.CC. The van der Waals surface area contributed by atoms with E-state index in [-0.39, 0.29) is 0 Å². The van der Waals surface area contributed by atoms with Crippen molar-refractivity contribution >= 4 is 0 Å². The van der Waals surface area contributed by atoms with E-state index in [1.807, 2.05) is 13.8 Å². The molecule has 0 bridgehead atoms. The number of hydrogen-bond donors (Lipinski definition) is 0. The third-order valence-electron chi connectivity index (χ3n) is 8.55. The molecule has 0 spiro atoms. The molecular weight excluding hydrogens is 348 g/mol. The van der Waals surface area contributed by atoms with Crippen LogP contribution in [0, 0.1) is 29.1 Å². The molecule has 29 heavy (non-hydrogen) atoms. The van der Waals surface area contributed by atoms with Gasteiger partial charge in [0.25, 0.3) is 0 Å². The lowest BCUT2D eigenvalue weighted by molar-refractivity contribution is 0.0932. The van der Waals surface area contributed by atoms with Gasteiger partial charge in [0.05, 0.1) is 0 Å². The molecule has 3 aliphatic rings. The van der Waals surface area contributed by atoms with Gasteiger partial charge in [0.2, 0.25) is 0 Å². The molecule has 0 aliphatic heterocycles. The Bertz CT molecular complexity index is 577. The molecule has 0 aromatic rings. The first kappa shape index (κ1) is 24.5. The molecular formula is C29H50. The molecule has 5 atom stereocenters. The van der Waals surface area contributed by atoms with Crippen molar-refractivity contribution in [1.82, 2.24) is 0 Å². The van der Waals surface area contributed by atoms with E-state index < -0.39 is 0 Å². The van der Waals surface area contributed by atoms with Crippen LogP contribution in [-0.4, -0.2) is 0 Å². The van der Waals surface area contributed by atoms with Gasteiger partial charge in [-0.1, -0.05) is 103 Å². The molecule has 0 amide bonds. The summed E-state index contributed by atoms with van der Waals surface area (Å²) in [5, 5.41) is 0. The summed E-state index contributed by atoms with van der Waals surface area (Å²) in [6.45, 7) is 18.1. The molecule has 0 heteroatoms. The number of fused-ring (bicyclic) bond motifs is 1. The predicted molar refractivity (Wildman–Crippen MR) is 131 cm³/mol. The summed E-state index contributed by atoms with van der Waals surface area (Å²) in [5.41, 5.74) is 5.48. The molecule has 0 aromatic carbocycles. The van der Waals surface area contributed by atoms with E-state index in [1.165, 1.54) is 82.6 Å². The Hall–Kier alpha value is -0.780. The van der Waals surface area contributed by atoms with E-state index in [0.717, 1.165) is 17.8 Å². The molecule has 0 saturated heterocycles. The minimum absolute atomic E-state index is 0.572. The lowest BCUT2D eigenvalue weighted by Crippen LogP contribution is -2.36. The molecule has 4 unspecified atom stereocenters. The van der Waals surface area contributed by atoms with Crippen LogP contribution in [0.1, 0.15) is 119 Å². The Morgan fingerprint density at radius 1 is 1.10 bits per heavy atom. The summed E-state index contributed by atoms with van der Waals surface area (Å²) in [4.78, 5) is 0. The van der Waals surface area contributed by atoms with Crippen LogP contribution in [0.15, 0.2) is 35.5 Å². The molecule has 0 radical (unpaired) electrons. The maximum atomic E-state index is 4.24. The normalized spacial score (nSPS) is 35.9. The second-order valence-corrected chi connectivity index (χ2v) is 10.4. The van der Waals surface area contributed by atoms with Gasteiger partial charge in [-0.25, -0.2) is 0 Å². The minimum atomic E-state index is 0.572. The minimum Gasteiger partial charge on any atom is -0.0996 e. The third kappa shape index (κ3) is 5.89. The van der Waals surface area contributed by atoms with Gasteiger partial charge in [0, 0.05) is 0 Å². The van der Waals surface area contributed by atoms with Crippen LogP contribution in [0.25, 0.3) is 0 Å². The van der Waals surface area contributed by atoms with Crippen LogP contribution in [0.2, 0.25) is 0 Å². The molecule has 3 saturated carbocycles. The number of rotatable bonds is 6. The summed E-state index contributed by atoms with van der Waals surface area (Å²) in [6.07, 6.45) is 21.6. The lowest BCUT2D eigenvalue weighted by atomic mass is 9.60. The summed E-state index contributed by atoms with van der Waals surface area (Å²) in [7, 11) is 0. The fourth-order valence-corrected chi connectivity index (χ4v) is 6.72. The standard InChI is InChI=1S/C27H44.C2H6/c1-6-7-8-10-21(3)25-16-17-26-24(11-9-18-27(25,26)5)15-14-23-13-12-20(2)22(4)19-23;1-2/h14-15,21-22,25-26H,2,6-13,16-19H2,1,3-5H3;1-2H3/b23-14-,24-15+;/t21?,22?,25-,26?,27?;/m1./s1. The highest BCUT2D eigenvalue weighted by molar-refractivity contribution is 5.27. The highest BCUT2D eigenvalue weighted by Crippen LogP contribution is 2.59. The van der Waals surface area contributed by atoms with E-state index >= 15 is 0 Å². The number of allylic oxidation sites excluding steroid dienone is 5. The Labute approximate surface area is 183 Å². The van der Waals surface area contributed by atoms with Gasteiger partial charge in [-0.15, -0.1) is 0 Å². The summed E-state index contributed by atoms with van der Waals surface area (Å²) in [5.74, 6) is 3.40. The average Bonchev–Trinajstić information content (AvgIpc) is 3.08. The predicted octanol–water partition coefficient (Wildman–Crippen LogP) is 9.67. The Balaban J connectivity index is 0.00000145. The van der Waals surface area contributed by atoms with Gasteiger partial charge in [-0.2, -0.15) is 0 Å². The Morgan fingerprint density at radius 3 is 2.55 bits per heavy atom. The molecule has 3 fully saturated rings. The van der Waals surface area contributed by atoms with E-state index in [0.29, 0.717) is 11.3 Å². The monoisotopic (exact) mass is 398 g/mol. The van der Waals surface area contributed by atoms with Gasteiger partial charge in [0.15, 0.2) is 0 Å². The maximum Gasteiger partial charge on any atom is -0.0143 e. The van der Waals surface area contributed by atoms with Crippen molar-refractivity contribution in [1.29, 1.82) is 0 Å². The van der Waals surface area contributed by atoms with Gasteiger partial charge < -0.3 is 0 Å². The Kier molecular flexibility index (Phi) is 9.77. The third-order valence-corrected chi connectivity index (χ3v) is 8.55. The molecule has 3 rings (SSSR count). The van der Waals surface area contributed by atoms with E-state index in [9.17, 15) is 0 Å². The van der Waals surface area contributed by atoms with Gasteiger partial charge in [0.1, 0.15) is 0 Å². The first-order chi connectivity index (χ1) is 14.0. The van der Waals surface area contributed by atoms with Crippen LogP contribution in [-0.2, 0) is 0 Å². The fraction of sp³-hybridized carbons (Fsp3) is 0.793. The molecule has 0 heterocycles. The average molecular weight is 399 g/mol. The lowest BCUT2D eigenvalue weighted by Gasteiger charge is -2.44. The summed E-state index contributed by atoms with van der Waals surface area (Å²) >= 11 is 0. The van der Waals surface area contributed by atoms with Crippen LogP contribution in [0.3, 0.4) is 0 Å². The van der Waals surface area contributed by atoms with E-state index in [1.54, 1.807) is 11.1 Å². The van der Waals surface area contributed by atoms with E-state index in [2.05, 4.69) is 46.4 Å². The van der Waals surface area contributed by atoms with Gasteiger partial charge in [-0.05, 0) is 80.5 Å². The molecule has 0 N–H and O–H groups in total. The van der Waals surface area contributed by atoms with Crippen molar-refractivity contribution in [2.75, 3.05) is 0 Å². The smallest absolute Gasteiger partial charge is 0.0143 e. The molecule has 166 valence electrons. The zero-order valence-corrected chi connectivity index (χ0v) is 20.7. The van der Waals surface area contributed by atoms with Crippen LogP contribution >= 0.6 is 0 Å². The molecule has 3 aliphatic carbocycles. The summed E-state index contributed by atoms with van der Waals surface area (Å²) < 4.78 is 0. The van der Waals surface area contributed by atoms with Crippen molar-refractivity contribution in [2.45, 2.75) is 119 Å². The highest BCUT2D eigenvalue weighted by atomic mass is 14.5. The van der Waals surface area contributed by atoms with Crippen molar-refractivity contribution in [2.24, 2.45) is 29.1 Å². The number of unbranched alkanes of at least 4 members (excludes halogenated alkanes) is 2. The quantitative estimate of drug-likeness (QED) is 0.308. The second kappa shape index (κ2) is 11.6. The second-order valence-electron chi connectivity index (χ2n) is 10.4. The summed E-state index contributed by atoms with van der Waals surface area (Å²) in [6, 6.07) is 0. The topological polar surface area (TPSA) is 0 Å². The molecule has 0 aromatic heterocycles. The number of hydrogen-bond acceptors (Lipinski definition) is 0. The van der Waals surface area contributed by atoms with Gasteiger partial charge >= 0.3 is 0 Å². The maximum absolute atomic E-state index is 4.24. The highest BCUT2D eigenvalue weighted by Gasteiger charge is 2.50. The van der Waals surface area contributed by atoms with Gasteiger partial charge in [-0.3, -0.25) is 0 Å². The zero-order chi connectivity index (χ0) is 21.4. The first-order valence-corrected chi connectivity index (χ1v) is 13.0. The largest absolute Gasteiger partial charge is 0.0996 e. The van der Waals surface area contributed by atoms with Crippen molar-refractivity contribution in [3.05, 3.63) is 35.5 Å². The first-order valence-electron chi connectivity index (χ1n) is 13.0. The van der Waals surface area contributed by atoms with E-state index in [4.69, 9.17) is 0 Å². The van der Waals surface area contributed by atoms with Crippen molar-refractivity contribution in [3.8, 4) is 0 Å². The van der Waals surface area contributed by atoms with Crippen LogP contribution in [0.4, 0.5) is 0 Å². The van der Waals surface area contributed by atoms with Crippen molar-refractivity contribution in [3.63, 3.8) is 0 Å². The van der Waals surface area contributed by atoms with Crippen molar-refractivity contribution < 1.29 is 0 Å². The van der Waals surface area contributed by atoms with Crippen LogP contribution < -0.4 is 0 Å².